The fourth-order valence-corrected chi connectivity index (χ4v) is 8.04. The van der Waals surface area contributed by atoms with E-state index < -0.39 is 10.0 Å². The third kappa shape index (κ3) is 2.37. The zero-order valence-corrected chi connectivity index (χ0v) is 17.4. The molecule has 148 valence electrons. The molecule has 0 amide bonds. The summed E-state index contributed by atoms with van der Waals surface area (Å²) < 4.78 is 25.0. The van der Waals surface area contributed by atoms with Gasteiger partial charge in [0.1, 0.15) is 5.78 Å². The molecule has 1 aromatic rings. The van der Waals surface area contributed by atoms with Gasteiger partial charge in [0.15, 0.2) is 0 Å². The Morgan fingerprint density at radius 1 is 1.15 bits per heavy atom. The van der Waals surface area contributed by atoms with Crippen LogP contribution in [0.4, 0.5) is 0 Å². The lowest BCUT2D eigenvalue weighted by Gasteiger charge is -2.59. The lowest BCUT2D eigenvalue weighted by atomic mass is 9.45. The first-order valence-electron chi connectivity index (χ1n) is 10.4. The summed E-state index contributed by atoms with van der Waals surface area (Å²) in [5.41, 5.74) is 2.23. The molecular formula is C21H30N2O3S. The van der Waals surface area contributed by atoms with Crippen molar-refractivity contribution in [2.24, 2.45) is 34.5 Å². The highest BCUT2D eigenvalue weighted by molar-refractivity contribution is 7.89. The number of carbonyl (C=O) groups excluding carboxylic acids is 1. The van der Waals surface area contributed by atoms with Crippen LogP contribution in [-0.4, -0.2) is 29.6 Å². The maximum absolute atomic E-state index is 12.6. The highest BCUT2D eigenvalue weighted by atomic mass is 32.2. The van der Waals surface area contributed by atoms with E-state index in [0.29, 0.717) is 29.5 Å². The van der Waals surface area contributed by atoms with E-state index >= 15 is 0 Å². The van der Waals surface area contributed by atoms with Crippen LogP contribution in [0.3, 0.4) is 0 Å². The number of fused-ring (bicyclic) bond motifs is 6. The van der Waals surface area contributed by atoms with Crippen molar-refractivity contribution in [1.82, 2.24) is 9.19 Å². The molecule has 6 atom stereocenters. The molecule has 3 fully saturated rings. The maximum atomic E-state index is 12.6. The predicted octanol–water partition coefficient (Wildman–Crippen LogP) is 3.22. The number of hydrogen-bond acceptors (Lipinski definition) is 4. The molecule has 0 saturated heterocycles. The predicted molar refractivity (Wildman–Crippen MR) is 103 cm³/mol. The summed E-state index contributed by atoms with van der Waals surface area (Å²) >= 11 is 0. The smallest absolute Gasteiger partial charge is 0.250 e. The Hall–Kier alpha value is -1.17. The Bertz CT molecular complexity index is 920. The van der Waals surface area contributed by atoms with Crippen LogP contribution < -0.4 is 0 Å². The largest absolute Gasteiger partial charge is 0.299 e. The molecular weight excluding hydrogens is 360 g/mol. The van der Waals surface area contributed by atoms with Crippen molar-refractivity contribution in [2.45, 2.75) is 65.2 Å². The zero-order valence-electron chi connectivity index (χ0n) is 16.6. The van der Waals surface area contributed by atoms with Gasteiger partial charge in [0, 0.05) is 18.0 Å². The van der Waals surface area contributed by atoms with E-state index in [1.54, 1.807) is 6.20 Å². The van der Waals surface area contributed by atoms with Crippen LogP contribution in [0.25, 0.3) is 0 Å². The van der Waals surface area contributed by atoms with Gasteiger partial charge in [-0.15, -0.1) is 0 Å². The third-order valence-electron chi connectivity index (χ3n) is 8.98. The highest BCUT2D eigenvalue weighted by Crippen LogP contribution is 2.64. The molecule has 3 saturated carbocycles. The van der Waals surface area contributed by atoms with E-state index in [-0.39, 0.29) is 10.8 Å². The van der Waals surface area contributed by atoms with Crippen LogP contribution in [0.1, 0.15) is 63.6 Å². The summed E-state index contributed by atoms with van der Waals surface area (Å²) in [6, 6.07) is 0. The molecule has 0 unspecified atom stereocenters. The van der Waals surface area contributed by atoms with Crippen LogP contribution in [0, 0.1) is 34.5 Å². The molecule has 0 N–H and O–H groups in total. The Balaban J connectivity index is 1.50. The Labute approximate surface area is 162 Å². The Morgan fingerprint density at radius 2 is 1.93 bits per heavy atom. The van der Waals surface area contributed by atoms with Crippen molar-refractivity contribution >= 4 is 15.8 Å². The minimum atomic E-state index is -3.33. The monoisotopic (exact) mass is 390 g/mol. The van der Waals surface area contributed by atoms with Crippen molar-refractivity contribution in [2.75, 3.05) is 6.26 Å². The van der Waals surface area contributed by atoms with Crippen molar-refractivity contribution in [1.29, 1.82) is 0 Å². The van der Waals surface area contributed by atoms with E-state index in [1.165, 1.54) is 23.2 Å². The first kappa shape index (κ1) is 17.9. The van der Waals surface area contributed by atoms with Crippen LogP contribution in [0.5, 0.6) is 0 Å². The molecule has 5 nitrogen and oxygen atoms in total. The fraction of sp³-hybridized carbons (Fsp3) is 0.810. The van der Waals surface area contributed by atoms with Gasteiger partial charge >= 0.3 is 0 Å². The summed E-state index contributed by atoms with van der Waals surface area (Å²) in [7, 11) is -3.33. The van der Waals surface area contributed by atoms with Gasteiger partial charge in [0.05, 0.1) is 11.9 Å². The normalized spacial score (nSPS) is 43.6. The lowest BCUT2D eigenvalue weighted by molar-refractivity contribution is -0.136. The van der Waals surface area contributed by atoms with Crippen molar-refractivity contribution in [3.63, 3.8) is 0 Å². The summed E-state index contributed by atoms with van der Waals surface area (Å²) in [4.78, 5) is 12.6. The van der Waals surface area contributed by atoms with Gasteiger partial charge in [-0.2, -0.15) is 9.19 Å². The number of hydrogen-bond donors (Lipinski definition) is 0. The van der Waals surface area contributed by atoms with E-state index in [4.69, 9.17) is 0 Å². The average Bonchev–Trinajstić information content (AvgIpc) is 3.13. The molecule has 5 rings (SSSR count). The van der Waals surface area contributed by atoms with Crippen LogP contribution in [-0.2, 0) is 27.7 Å². The molecule has 0 aromatic carbocycles. The highest BCUT2D eigenvalue weighted by Gasteiger charge is 2.60. The van der Waals surface area contributed by atoms with E-state index in [0.717, 1.165) is 49.8 Å². The number of rotatable bonds is 1. The summed E-state index contributed by atoms with van der Waals surface area (Å²) in [6.07, 6.45) is 11.2. The van der Waals surface area contributed by atoms with Crippen LogP contribution >= 0.6 is 0 Å². The number of Topliss-reactive ketones (excluding diaryl/α,β-unsaturated/α-hetero) is 1. The molecule has 4 aliphatic rings. The molecule has 0 bridgehead atoms. The van der Waals surface area contributed by atoms with E-state index in [2.05, 4.69) is 18.9 Å². The van der Waals surface area contributed by atoms with Crippen molar-refractivity contribution in [3.8, 4) is 0 Å². The van der Waals surface area contributed by atoms with Gasteiger partial charge < -0.3 is 0 Å². The second-order valence-corrected chi connectivity index (χ2v) is 12.0. The molecule has 0 aliphatic heterocycles. The van der Waals surface area contributed by atoms with Gasteiger partial charge in [-0.1, -0.05) is 13.8 Å². The van der Waals surface area contributed by atoms with Gasteiger partial charge in [0.2, 0.25) is 0 Å². The summed E-state index contributed by atoms with van der Waals surface area (Å²) in [5.74, 6) is 2.94. The van der Waals surface area contributed by atoms with Crippen LogP contribution in [0.2, 0.25) is 0 Å². The second kappa shape index (κ2) is 5.46. The second-order valence-electron chi connectivity index (χ2n) is 10.2. The Morgan fingerprint density at radius 3 is 2.67 bits per heavy atom. The van der Waals surface area contributed by atoms with Crippen LogP contribution in [0.15, 0.2) is 6.20 Å². The zero-order chi connectivity index (χ0) is 19.2. The number of ketones is 1. The summed E-state index contributed by atoms with van der Waals surface area (Å²) in [5, 5.41) is 4.41. The quantitative estimate of drug-likeness (QED) is 0.738. The first-order valence-corrected chi connectivity index (χ1v) is 12.3. The molecule has 1 aromatic heterocycles. The molecule has 1 heterocycles. The topological polar surface area (TPSA) is 69.0 Å². The molecule has 0 spiro atoms. The average molecular weight is 391 g/mol. The SMILES string of the molecule is C[C@]12Cc3cn(S(C)(=O)=O)nc3C[C@@H]1CC[C@@H]1[C@@H]2CC[C@]2(C)C(=O)CC[C@@H]12. The molecule has 4 aliphatic carbocycles. The Kier molecular flexibility index (Phi) is 3.62. The number of nitrogens with zero attached hydrogens (tertiary/aromatic N) is 2. The van der Waals surface area contributed by atoms with Gasteiger partial charge in [-0.3, -0.25) is 4.79 Å². The van der Waals surface area contributed by atoms with Gasteiger partial charge in [-0.05, 0) is 79.6 Å². The fourth-order valence-electron chi connectivity index (χ4n) is 7.47. The first-order chi connectivity index (χ1) is 12.6. The van der Waals surface area contributed by atoms with E-state index in [9.17, 15) is 13.2 Å². The van der Waals surface area contributed by atoms with Crippen molar-refractivity contribution < 1.29 is 13.2 Å². The molecule has 6 heteroatoms. The minimum Gasteiger partial charge on any atom is -0.299 e. The summed E-state index contributed by atoms with van der Waals surface area (Å²) in [6.45, 7) is 4.67. The maximum Gasteiger partial charge on any atom is 0.250 e. The number of carbonyl (C=O) groups is 1. The van der Waals surface area contributed by atoms with Gasteiger partial charge in [0.25, 0.3) is 10.0 Å². The van der Waals surface area contributed by atoms with Crippen molar-refractivity contribution in [3.05, 3.63) is 17.5 Å². The lowest BCUT2D eigenvalue weighted by Crippen LogP contribution is -2.54. The minimum absolute atomic E-state index is 0.0780. The van der Waals surface area contributed by atoms with Gasteiger partial charge in [-0.25, -0.2) is 8.42 Å². The molecule has 27 heavy (non-hydrogen) atoms. The van der Waals surface area contributed by atoms with E-state index in [1.807, 2.05) is 0 Å². The third-order valence-corrected chi connectivity index (χ3v) is 9.85. The molecule has 0 radical (unpaired) electrons. The number of aromatic nitrogens is 2. The standard InChI is InChI=1S/C21H30N2O3S/c1-20-9-8-17-15(16(20)6-7-19(20)24)5-4-14-10-18-13(11-21(14,17)2)12-23(22-18)27(3,25)26/h12,14-17H,4-11H2,1-3H3/t14-,15-,16-,17-,20-,21-/m0/s1.